The number of hydrogen-bond acceptors (Lipinski definition) is 3. The standard InChI is InChI=1S/C24H19BrN4O/c1-15-5-7-17(8-6-15)21-20-22(28-27-21)24(30)29(14-16-9-11-26-12-10-16)23(20)18-3-2-4-19(25)13-18/h2-13,23H,14H2,1H3,(H,27,28). The number of H-pyrrole nitrogens is 1. The van der Waals surface area contributed by atoms with Crippen molar-refractivity contribution in [2.75, 3.05) is 0 Å². The molecule has 0 aliphatic carbocycles. The van der Waals surface area contributed by atoms with Gasteiger partial charge in [0.05, 0.1) is 11.7 Å². The van der Waals surface area contributed by atoms with Crippen molar-refractivity contribution in [3.05, 3.63) is 105 Å². The highest BCUT2D eigenvalue weighted by atomic mass is 79.9. The van der Waals surface area contributed by atoms with Crippen LogP contribution < -0.4 is 0 Å². The molecule has 2 aromatic carbocycles. The molecule has 0 radical (unpaired) electrons. The monoisotopic (exact) mass is 458 g/mol. The maximum absolute atomic E-state index is 13.4. The van der Waals surface area contributed by atoms with Gasteiger partial charge in [0.15, 0.2) is 0 Å². The van der Waals surface area contributed by atoms with Crippen LogP contribution in [0.25, 0.3) is 11.3 Å². The topological polar surface area (TPSA) is 61.9 Å². The van der Waals surface area contributed by atoms with Crippen molar-refractivity contribution in [3.8, 4) is 11.3 Å². The van der Waals surface area contributed by atoms with Gasteiger partial charge >= 0.3 is 0 Å². The van der Waals surface area contributed by atoms with Gasteiger partial charge in [-0.3, -0.25) is 14.9 Å². The summed E-state index contributed by atoms with van der Waals surface area (Å²) in [6.45, 7) is 2.55. The summed E-state index contributed by atoms with van der Waals surface area (Å²) in [6.07, 6.45) is 3.51. The highest BCUT2D eigenvalue weighted by Crippen LogP contribution is 2.43. The first kappa shape index (κ1) is 18.8. The smallest absolute Gasteiger partial charge is 0.273 e. The van der Waals surface area contributed by atoms with Crippen molar-refractivity contribution in [3.63, 3.8) is 0 Å². The maximum atomic E-state index is 13.4. The van der Waals surface area contributed by atoms with Gasteiger partial charge in [-0.25, -0.2) is 0 Å². The van der Waals surface area contributed by atoms with Crippen LogP contribution in [0.3, 0.4) is 0 Å². The largest absolute Gasteiger partial charge is 0.322 e. The Kier molecular flexibility index (Phi) is 4.71. The summed E-state index contributed by atoms with van der Waals surface area (Å²) in [6, 6.07) is 20.0. The van der Waals surface area contributed by atoms with Crippen LogP contribution in [0, 0.1) is 6.92 Å². The fraction of sp³-hybridized carbons (Fsp3) is 0.125. The van der Waals surface area contributed by atoms with Gasteiger partial charge in [0.2, 0.25) is 0 Å². The summed E-state index contributed by atoms with van der Waals surface area (Å²) >= 11 is 3.58. The van der Waals surface area contributed by atoms with E-state index in [1.165, 1.54) is 5.56 Å². The normalized spacial score (nSPS) is 15.5. The van der Waals surface area contributed by atoms with Crippen LogP contribution >= 0.6 is 15.9 Å². The lowest BCUT2D eigenvalue weighted by Crippen LogP contribution is -2.29. The first-order chi connectivity index (χ1) is 14.6. The zero-order chi connectivity index (χ0) is 20.7. The van der Waals surface area contributed by atoms with Crippen LogP contribution in [0.15, 0.2) is 77.5 Å². The second-order valence-corrected chi connectivity index (χ2v) is 8.39. The van der Waals surface area contributed by atoms with E-state index in [0.29, 0.717) is 12.2 Å². The molecule has 1 atom stereocenters. The van der Waals surface area contributed by atoms with Crippen molar-refractivity contribution < 1.29 is 4.79 Å². The number of nitrogens with one attached hydrogen (secondary N) is 1. The Balaban J connectivity index is 1.66. The van der Waals surface area contributed by atoms with Gasteiger partial charge in [-0.2, -0.15) is 5.10 Å². The Morgan fingerprint density at radius 3 is 2.57 bits per heavy atom. The summed E-state index contributed by atoms with van der Waals surface area (Å²) in [7, 11) is 0. The molecule has 0 saturated heterocycles. The molecule has 1 N–H and O–H groups in total. The van der Waals surface area contributed by atoms with Crippen LogP contribution in [0.5, 0.6) is 0 Å². The molecular formula is C24H19BrN4O. The number of aromatic amines is 1. The van der Waals surface area contributed by atoms with Crippen molar-refractivity contribution in [1.29, 1.82) is 0 Å². The SMILES string of the molecule is Cc1ccc(-c2n[nH]c3c2C(c2cccc(Br)c2)N(Cc2ccncc2)C3=O)cc1. The summed E-state index contributed by atoms with van der Waals surface area (Å²) in [5.74, 6) is -0.0438. The number of aryl methyl sites for hydroxylation is 1. The van der Waals surface area contributed by atoms with Crippen molar-refractivity contribution in [2.24, 2.45) is 0 Å². The third-order valence-electron chi connectivity index (χ3n) is 5.46. The van der Waals surface area contributed by atoms with Gasteiger partial charge in [0.25, 0.3) is 5.91 Å². The quantitative estimate of drug-likeness (QED) is 0.451. The second-order valence-electron chi connectivity index (χ2n) is 7.47. The minimum atomic E-state index is -0.229. The molecule has 4 aromatic rings. The maximum Gasteiger partial charge on any atom is 0.273 e. The van der Waals surface area contributed by atoms with E-state index in [2.05, 4.69) is 74.4 Å². The van der Waals surface area contributed by atoms with Gasteiger partial charge in [-0.05, 0) is 42.3 Å². The summed E-state index contributed by atoms with van der Waals surface area (Å²) < 4.78 is 0.977. The number of halogens is 1. The van der Waals surface area contributed by atoms with E-state index in [9.17, 15) is 4.79 Å². The minimum absolute atomic E-state index is 0.0438. The number of aromatic nitrogens is 3. The fourth-order valence-corrected chi connectivity index (χ4v) is 4.42. The van der Waals surface area contributed by atoms with E-state index in [0.717, 1.165) is 32.4 Å². The van der Waals surface area contributed by atoms with E-state index < -0.39 is 0 Å². The molecular weight excluding hydrogens is 440 g/mol. The average molecular weight is 459 g/mol. The Morgan fingerprint density at radius 2 is 1.83 bits per heavy atom. The van der Waals surface area contributed by atoms with Crippen LogP contribution in [0.1, 0.15) is 38.8 Å². The Morgan fingerprint density at radius 1 is 1.07 bits per heavy atom. The molecule has 0 fully saturated rings. The van der Waals surface area contributed by atoms with Gasteiger partial charge in [-0.1, -0.05) is 57.9 Å². The number of amides is 1. The summed E-state index contributed by atoms with van der Waals surface area (Å²) in [5.41, 5.74) is 6.57. The van der Waals surface area contributed by atoms with E-state index in [1.807, 2.05) is 29.2 Å². The number of carbonyl (C=O) groups excluding carboxylic acids is 1. The number of hydrogen-bond donors (Lipinski definition) is 1. The molecule has 0 saturated carbocycles. The summed E-state index contributed by atoms with van der Waals surface area (Å²) in [5, 5.41) is 7.55. The Bertz CT molecular complexity index is 1220. The average Bonchev–Trinajstić information content (AvgIpc) is 3.29. The molecule has 1 aliphatic heterocycles. The van der Waals surface area contributed by atoms with Crippen LogP contribution in [-0.4, -0.2) is 26.0 Å². The predicted octanol–water partition coefficient (Wildman–Crippen LogP) is 5.29. The third-order valence-corrected chi connectivity index (χ3v) is 5.95. The predicted molar refractivity (Wildman–Crippen MR) is 119 cm³/mol. The molecule has 30 heavy (non-hydrogen) atoms. The third kappa shape index (κ3) is 3.23. The number of pyridine rings is 1. The van der Waals surface area contributed by atoms with E-state index in [4.69, 9.17) is 0 Å². The second kappa shape index (κ2) is 7.54. The highest BCUT2D eigenvalue weighted by molar-refractivity contribution is 9.10. The van der Waals surface area contributed by atoms with Crippen LogP contribution in [0.2, 0.25) is 0 Å². The molecule has 2 aromatic heterocycles. The first-order valence-electron chi connectivity index (χ1n) is 9.72. The minimum Gasteiger partial charge on any atom is -0.322 e. The number of rotatable bonds is 4. The highest BCUT2D eigenvalue weighted by Gasteiger charge is 2.42. The van der Waals surface area contributed by atoms with Gasteiger partial charge in [-0.15, -0.1) is 0 Å². The molecule has 1 aliphatic rings. The zero-order valence-electron chi connectivity index (χ0n) is 16.3. The first-order valence-corrected chi connectivity index (χ1v) is 10.5. The molecule has 6 heteroatoms. The number of benzene rings is 2. The molecule has 1 amide bonds. The number of nitrogens with zero attached hydrogens (tertiary/aromatic N) is 3. The van der Waals surface area contributed by atoms with Crippen molar-refractivity contribution >= 4 is 21.8 Å². The van der Waals surface area contributed by atoms with E-state index >= 15 is 0 Å². The number of carbonyl (C=O) groups is 1. The number of fused-ring (bicyclic) bond motifs is 1. The molecule has 5 nitrogen and oxygen atoms in total. The van der Waals surface area contributed by atoms with Gasteiger partial charge in [0, 0.05) is 34.5 Å². The summed E-state index contributed by atoms with van der Waals surface area (Å²) in [4.78, 5) is 19.4. The fourth-order valence-electron chi connectivity index (χ4n) is 4.00. The molecule has 1 unspecified atom stereocenters. The Labute approximate surface area is 182 Å². The van der Waals surface area contributed by atoms with Gasteiger partial charge in [0.1, 0.15) is 5.69 Å². The molecule has 3 heterocycles. The van der Waals surface area contributed by atoms with Crippen LogP contribution in [-0.2, 0) is 6.54 Å². The lowest BCUT2D eigenvalue weighted by molar-refractivity contribution is 0.0730. The molecule has 0 spiro atoms. The molecule has 0 bridgehead atoms. The van der Waals surface area contributed by atoms with Crippen molar-refractivity contribution in [1.82, 2.24) is 20.1 Å². The van der Waals surface area contributed by atoms with E-state index in [1.54, 1.807) is 12.4 Å². The molecule has 5 rings (SSSR count). The Hall–Kier alpha value is -3.25. The zero-order valence-corrected chi connectivity index (χ0v) is 17.9. The van der Waals surface area contributed by atoms with Gasteiger partial charge < -0.3 is 4.90 Å². The van der Waals surface area contributed by atoms with Crippen LogP contribution in [0.4, 0.5) is 0 Å². The van der Waals surface area contributed by atoms with E-state index in [-0.39, 0.29) is 11.9 Å². The molecule has 148 valence electrons. The van der Waals surface area contributed by atoms with Crippen molar-refractivity contribution in [2.45, 2.75) is 19.5 Å². The lowest BCUT2D eigenvalue weighted by atomic mass is 9.95. The lowest BCUT2D eigenvalue weighted by Gasteiger charge is -2.26.